The summed E-state index contributed by atoms with van der Waals surface area (Å²) in [7, 11) is 0. The monoisotopic (exact) mass is 266 g/mol. The lowest BCUT2D eigenvalue weighted by atomic mass is 10.1. The number of rotatable bonds is 6. The predicted octanol–water partition coefficient (Wildman–Crippen LogP) is 2.25. The van der Waals surface area contributed by atoms with Crippen molar-refractivity contribution in [2.45, 2.75) is 32.1 Å². The highest BCUT2D eigenvalue weighted by molar-refractivity contribution is 8.00. The average molecular weight is 266 g/mol. The Labute approximate surface area is 114 Å². The van der Waals surface area contributed by atoms with Crippen molar-refractivity contribution in [1.82, 2.24) is 5.32 Å². The van der Waals surface area contributed by atoms with Crippen LogP contribution in [-0.2, 0) is 4.79 Å². The SMILES string of the molecule is Cc1ccc(C(CN)SCC(=O)NC(C)C)cc1. The number of carbonyl (C=O) groups is 1. The predicted molar refractivity (Wildman–Crippen MR) is 78.7 cm³/mol. The van der Waals surface area contributed by atoms with Crippen molar-refractivity contribution in [3.05, 3.63) is 35.4 Å². The minimum absolute atomic E-state index is 0.0700. The van der Waals surface area contributed by atoms with Crippen molar-refractivity contribution in [3.8, 4) is 0 Å². The summed E-state index contributed by atoms with van der Waals surface area (Å²) in [5.41, 5.74) is 8.20. The number of amides is 1. The molecule has 100 valence electrons. The summed E-state index contributed by atoms with van der Waals surface area (Å²) in [4.78, 5) is 11.6. The first kappa shape index (κ1) is 15.1. The molecule has 0 bridgehead atoms. The largest absolute Gasteiger partial charge is 0.353 e. The Morgan fingerprint density at radius 3 is 2.44 bits per heavy atom. The van der Waals surface area contributed by atoms with Gasteiger partial charge < -0.3 is 11.1 Å². The first-order chi connectivity index (χ1) is 8.52. The first-order valence-corrected chi connectivity index (χ1v) is 7.25. The van der Waals surface area contributed by atoms with Gasteiger partial charge in [-0.2, -0.15) is 0 Å². The van der Waals surface area contributed by atoms with E-state index in [9.17, 15) is 4.79 Å². The van der Waals surface area contributed by atoms with Crippen LogP contribution in [0.3, 0.4) is 0 Å². The van der Waals surface area contributed by atoms with Gasteiger partial charge in [-0.3, -0.25) is 4.79 Å². The highest BCUT2D eigenvalue weighted by Gasteiger charge is 2.12. The van der Waals surface area contributed by atoms with E-state index in [4.69, 9.17) is 5.73 Å². The number of hydrogen-bond acceptors (Lipinski definition) is 3. The maximum Gasteiger partial charge on any atom is 0.230 e. The van der Waals surface area contributed by atoms with Crippen LogP contribution in [0.25, 0.3) is 0 Å². The molecule has 0 radical (unpaired) electrons. The first-order valence-electron chi connectivity index (χ1n) is 6.20. The lowest BCUT2D eigenvalue weighted by molar-refractivity contribution is -0.119. The maximum absolute atomic E-state index is 11.6. The van der Waals surface area contributed by atoms with Crippen LogP contribution in [0.4, 0.5) is 0 Å². The van der Waals surface area contributed by atoms with Gasteiger partial charge in [-0.15, -0.1) is 11.8 Å². The summed E-state index contributed by atoms with van der Waals surface area (Å²) in [5.74, 6) is 0.522. The molecule has 3 nitrogen and oxygen atoms in total. The van der Waals surface area contributed by atoms with Crippen LogP contribution in [0, 0.1) is 6.92 Å². The summed E-state index contributed by atoms with van der Waals surface area (Å²) < 4.78 is 0. The molecule has 1 rings (SSSR count). The van der Waals surface area contributed by atoms with Crippen molar-refractivity contribution >= 4 is 17.7 Å². The summed E-state index contributed by atoms with van der Waals surface area (Å²) in [5, 5.41) is 3.07. The van der Waals surface area contributed by atoms with Gasteiger partial charge in [-0.25, -0.2) is 0 Å². The molecule has 0 heterocycles. The van der Waals surface area contributed by atoms with E-state index in [0.717, 1.165) is 0 Å². The van der Waals surface area contributed by atoms with E-state index in [0.29, 0.717) is 12.3 Å². The van der Waals surface area contributed by atoms with Crippen molar-refractivity contribution in [3.63, 3.8) is 0 Å². The average Bonchev–Trinajstić information content (AvgIpc) is 2.31. The lowest BCUT2D eigenvalue weighted by Gasteiger charge is -2.15. The molecule has 0 saturated heterocycles. The van der Waals surface area contributed by atoms with Gasteiger partial charge in [0, 0.05) is 17.8 Å². The van der Waals surface area contributed by atoms with Crippen LogP contribution in [0.2, 0.25) is 0 Å². The minimum Gasteiger partial charge on any atom is -0.353 e. The molecule has 0 aliphatic rings. The summed E-state index contributed by atoms with van der Waals surface area (Å²) >= 11 is 1.59. The van der Waals surface area contributed by atoms with Gasteiger partial charge in [-0.05, 0) is 26.3 Å². The highest BCUT2D eigenvalue weighted by Crippen LogP contribution is 2.27. The van der Waals surface area contributed by atoms with Gasteiger partial charge in [0.25, 0.3) is 0 Å². The van der Waals surface area contributed by atoms with Crippen LogP contribution in [0.15, 0.2) is 24.3 Å². The molecular formula is C14H22N2OS. The summed E-state index contributed by atoms with van der Waals surface area (Å²) in [6.07, 6.45) is 0. The van der Waals surface area contributed by atoms with Crippen LogP contribution >= 0.6 is 11.8 Å². The van der Waals surface area contributed by atoms with E-state index in [-0.39, 0.29) is 17.2 Å². The fraction of sp³-hybridized carbons (Fsp3) is 0.500. The molecule has 0 spiro atoms. The van der Waals surface area contributed by atoms with E-state index in [2.05, 4.69) is 36.5 Å². The number of thioether (sulfide) groups is 1. The molecular weight excluding hydrogens is 244 g/mol. The zero-order valence-corrected chi connectivity index (χ0v) is 12.1. The standard InChI is InChI=1S/C14H22N2OS/c1-10(2)16-14(17)9-18-13(8-15)12-6-4-11(3)5-7-12/h4-7,10,13H,8-9,15H2,1-3H3,(H,16,17). The number of hydrogen-bond donors (Lipinski definition) is 2. The molecule has 1 aromatic rings. The number of benzene rings is 1. The van der Waals surface area contributed by atoms with E-state index in [1.165, 1.54) is 11.1 Å². The third kappa shape index (κ3) is 5.10. The molecule has 18 heavy (non-hydrogen) atoms. The number of nitrogens with one attached hydrogen (secondary N) is 1. The molecule has 1 atom stereocenters. The Hall–Kier alpha value is -1.00. The van der Waals surface area contributed by atoms with Gasteiger partial charge in [0.15, 0.2) is 0 Å². The highest BCUT2D eigenvalue weighted by atomic mass is 32.2. The van der Waals surface area contributed by atoms with Gasteiger partial charge in [0.1, 0.15) is 0 Å². The normalized spacial score (nSPS) is 12.5. The van der Waals surface area contributed by atoms with E-state index in [1.807, 2.05) is 13.8 Å². The molecule has 0 aliphatic carbocycles. The van der Waals surface area contributed by atoms with Crippen molar-refractivity contribution in [1.29, 1.82) is 0 Å². The smallest absolute Gasteiger partial charge is 0.230 e. The third-order valence-corrected chi connectivity index (χ3v) is 3.82. The quantitative estimate of drug-likeness (QED) is 0.830. The maximum atomic E-state index is 11.6. The molecule has 0 aliphatic heterocycles. The number of nitrogens with two attached hydrogens (primary N) is 1. The van der Waals surface area contributed by atoms with E-state index < -0.39 is 0 Å². The number of aryl methyl sites for hydroxylation is 1. The fourth-order valence-electron chi connectivity index (χ4n) is 1.62. The van der Waals surface area contributed by atoms with Crippen LogP contribution in [0.1, 0.15) is 30.2 Å². The topological polar surface area (TPSA) is 55.1 Å². The van der Waals surface area contributed by atoms with Crippen LogP contribution in [0.5, 0.6) is 0 Å². The molecule has 1 aromatic carbocycles. The van der Waals surface area contributed by atoms with Crippen molar-refractivity contribution < 1.29 is 4.79 Å². The zero-order valence-electron chi connectivity index (χ0n) is 11.3. The Bertz CT molecular complexity index is 376. The molecule has 0 saturated carbocycles. The summed E-state index contributed by atoms with van der Waals surface area (Å²) in [6.45, 7) is 6.53. The Morgan fingerprint density at radius 1 is 1.33 bits per heavy atom. The number of carbonyl (C=O) groups excluding carboxylic acids is 1. The lowest BCUT2D eigenvalue weighted by Crippen LogP contribution is -2.32. The minimum atomic E-state index is 0.0700. The second kappa shape index (κ2) is 7.44. The Kier molecular flexibility index (Phi) is 6.22. The van der Waals surface area contributed by atoms with Crippen LogP contribution in [-0.4, -0.2) is 24.2 Å². The van der Waals surface area contributed by atoms with Gasteiger partial charge in [0.05, 0.1) is 5.75 Å². The van der Waals surface area contributed by atoms with Gasteiger partial charge >= 0.3 is 0 Å². The second-order valence-electron chi connectivity index (χ2n) is 4.67. The molecule has 1 unspecified atom stereocenters. The van der Waals surface area contributed by atoms with Gasteiger partial charge in [0.2, 0.25) is 5.91 Å². The van der Waals surface area contributed by atoms with E-state index in [1.54, 1.807) is 11.8 Å². The molecule has 1 amide bonds. The molecule has 3 N–H and O–H groups in total. The van der Waals surface area contributed by atoms with Gasteiger partial charge in [-0.1, -0.05) is 29.8 Å². The summed E-state index contributed by atoms with van der Waals surface area (Å²) in [6, 6.07) is 8.51. The molecule has 4 heteroatoms. The van der Waals surface area contributed by atoms with Crippen LogP contribution < -0.4 is 11.1 Å². The molecule has 0 aromatic heterocycles. The zero-order chi connectivity index (χ0) is 13.5. The Balaban J connectivity index is 2.52. The second-order valence-corrected chi connectivity index (χ2v) is 5.86. The Morgan fingerprint density at radius 2 is 1.94 bits per heavy atom. The third-order valence-electron chi connectivity index (χ3n) is 2.53. The van der Waals surface area contributed by atoms with E-state index >= 15 is 0 Å². The molecule has 0 fully saturated rings. The van der Waals surface area contributed by atoms with Crippen molar-refractivity contribution in [2.75, 3.05) is 12.3 Å². The van der Waals surface area contributed by atoms with Crippen molar-refractivity contribution in [2.24, 2.45) is 5.73 Å². The fourth-order valence-corrected chi connectivity index (χ4v) is 2.54.